The molecule has 0 spiro atoms. The van der Waals surface area contributed by atoms with Crippen molar-refractivity contribution in [2.24, 2.45) is 0 Å². The third-order valence-electron chi connectivity index (χ3n) is 3.81. The summed E-state index contributed by atoms with van der Waals surface area (Å²) in [5, 5.41) is 13.6. The molecule has 3 aromatic heterocycles. The van der Waals surface area contributed by atoms with Gasteiger partial charge in [-0.05, 0) is 43.1 Å². The van der Waals surface area contributed by atoms with Crippen LogP contribution in [0, 0.1) is 6.92 Å². The van der Waals surface area contributed by atoms with Crippen LogP contribution in [0.15, 0.2) is 18.3 Å². The van der Waals surface area contributed by atoms with Crippen LogP contribution in [-0.2, 0) is 17.7 Å². The zero-order valence-electron chi connectivity index (χ0n) is 14.4. The van der Waals surface area contributed by atoms with Gasteiger partial charge in [-0.15, -0.1) is 0 Å². The molecule has 0 unspecified atom stereocenters. The molecule has 3 heterocycles. The van der Waals surface area contributed by atoms with Gasteiger partial charge in [0.15, 0.2) is 5.69 Å². The topological polar surface area (TPSA) is 103 Å². The Morgan fingerprint density at radius 3 is 2.88 bits per heavy atom. The quantitative estimate of drug-likeness (QED) is 0.499. The Morgan fingerprint density at radius 2 is 2.19 bits per heavy atom. The van der Waals surface area contributed by atoms with Crippen molar-refractivity contribution >= 4 is 28.6 Å². The maximum absolute atomic E-state index is 11.6. The molecule has 0 aliphatic heterocycles. The molecule has 0 aliphatic carbocycles. The Kier molecular flexibility index (Phi) is 5.43. The largest absolute Gasteiger partial charge is 0.476 e. The summed E-state index contributed by atoms with van der Waals surface area (Å²) in [4.78, 5) is 24.3. The molecular weight excluding hydrogens is 358 g/mol. The molecule has 0 amide bonds. The van der Waals surface area contributed by atoms with Gasteiger partial charge in [0, 0.05) is 24.9 Å². The number of nitrogens with zero attached hydrogens (tertiary/aromatic N) is 5. The highest BCUT2D eigenvalue weighted by molar-refractivity contribution is 6.28. The number of fused-ring (bicyclic) bond motifs is 1. The fourth-order valence-corrected chi connectivity index (χ4v) is 2.90. The predicted molar refractivity (Wildman–Crippen MR) is 95.6 cm³/mol. The van der Waals surface area contributed by atoms with Gasteiger partial charge in [-0.3, -0.25) is 9.67 Å². The third kappa shape index (κ3) is 3.81. The number of pyridine rings is 1. The molecule has 0 atom stereocenters. The van der Waals surface area contributed by atoms with Crippen molar-refractivity contribution in [1.82, 2.24) is 24.7 Å². The van der Waals surface area contributed by atoms with E-state index in [4.69, 9.17) is 16.3 Å². The highest BCUT2D eigenvalue weighted by Crippen LogP contribution is 2.23. The van der Waals surface area contributed by atoms with E-state index in [2.05, 4.69) is 20.1 Å². The van der Waals surface area contributed by atoms with E-state index in [1.807, 2.05) is 26.0 Å². The van der Waals surface area contributed by atoms with Crippen LogP contribution in [0.5, 0.6) is 0 Å². The minimum atomic E-state index is -1.17. The Balaban J connectivity index is 2.12. The first-order valence-electron chi connectivity index (χ1n) is 8.15. The van der Waals surface area contributed by atoms with E-state index in [1.54, 1.807) is 10.9 Å². The van der Waals surface area contributed by atoms with Crippen molar-refractivity contribution in [2.75, 3.05) is 13.2 Å². The maximum Gasteiger partial charge on any atom is 0.358 e. The molecule has 0 aliphatic rings. The summed E-state index contributed by atoms with van der Waals surface area (Å²) in [6.07, 6.45) is 2.11. The van der Waals surface area contributed by atoms with Gasteiger partial charge in [0.2, 0.25) is 5.28 Å². The number of carboxylic acids is 1. The van der Waals surface area contributed by atoms with E-state index >= 15 is 0 Å². The van der Waals surface area contributed by atoms with Crippen LogP contribution in [0.3, 0.4) is 0 Å². The summed E-state index contributed by atoms with van der Waals surface area (Å²) < 4.78 is 6.93. The lowest BCUT2D eigenvalue weighted by Crippen LogP contribution is -2.10. The van der Waals surface area contributed by atoms with E-state index in [0.29, 0.717) is 37.4 Å². The first kappa shape index (κ1) is 18.2. The fourth-order valence-electron chi connectivity index (χ4n) is 2.72. The molecule has 3 rings (SSSR count). The van der Waals surface area contributed by atoms with Gasteiger partial charge < -0.3 is 9.84 Å². The summed E-state index contributed by atoms with van der Waals surface area (Å²) in [5.74, 6) is -1.17. The molecule has 3 aromatic rings. The molecule has 0 bridgehead atoms. The zero-order chi connectivity index (χ0) is 18.7. The molecular formula is C17H18ClN5O3. The minimum Gasteiger partial charge on any atom is -0.476 e. The van der Waals surface area contributed by atoms with Gasteiger partial charge >= 0.3 is 5.97 Å². The lowest BCUT2D eigenvalue weighted by atomic mass is 10.1. The first-order chi connectivity index (χ1) is 12.5. The fraction of sp³-hybridized carbons (Fsp3) is 0.353. The van der Waals surface area contributed by atoms with Crippen molar-refractivity contribution < 1.29 is 14.6 Å². The normalized spacial score (nSPS) is 11.2. The highest BCUT2D eigenvalue weighted by Gasteiger charge is 2.22. The van der Waals surface area contributed by atoms with Crippen molar-refractivity contribution in [1.29, 1.82) is 0 Å². The standard InChI is InChI=1S/C17H18ClN5O3/c1-3-26-7-6-23-15-12(9-11-8-10(2)4-5-19-11)20-17(18)21-13(15)14(22-23)16(24)25/h4-5,8H,3,6-7,9H2,1-2H3,(H,24,25). The number of halogens is 1. The van der Waals surface area contributed by atoms with Crippen molar-refractivity contribution in [3.8, 4) is 0 Å². The number of carbonyl (C=O) groups is 1. The van der Waals surface area contributed by atoms with Crippen LogP contribution >= 0.6 is 11.6 Å². The number of carboxylic acid groups (broad SMARTS) is 1. The van der Waals surface area contributed by atoms with Crippen LogP contribution in [0.25, 0.3) is 11.0 Å². The monoisotopic (exact) mass is 375 g/mol. The van der Waals surface area contributed by atoms with Gasteiger partial charge in [0.25, 0.3) is 0 Å². The molecule has 0 fully saturated rings. The number of hydrogen-bond donors (Lipinski definition) is 1. The second-order valence-corrected chi connectivity index (χ2v) is 6.05. The van der Waals surface area contributed by atoms with Gasteiger partial charge in [-0.1, -0.05) is 0 Å². The van der Waals surface area contributed by atoms with Crippen LogP contribution < -0.4 is 0 Å². The van der Waals surface area contributed by atoms with E-state index in [0.717, 1.165) is 11.3 Å². The summed E-state index contributed by atoms with van der Waals surface area (Å²) in [6.45, 7) is 5.21. The number of aryl methyl sites for hydroxylation is 1. The third-order valence-corrected chi connectivity index (χ3v) is 3.98. The maximum atomic E-state index is 11.6. The molecule has 26 heavy (non-hydrogen) atoms. The van der Waals surface area contributed by atoms with Crippen LogP contribution in [0.1, 0.15) is 34.4 Å². The van der Waals surface area contributed by atoms with Crippen LogP contribution in [0.2, 0.25) is 5.28 Å². The predicted octanol–water partition coefficient (Wildman–Crippen LogP) is 2.51. The highest BCUT2D eigenvalue weighted by atomic mass is 35.5. The second-order valence-electron chi connectivity index (χ2n) is 5.71. The number of rotatable bonds is 7. The molecule has 0 saturated heterocycles. The van der Waals surface area contributed by atoms with E-state index in [9.17, 15) is 9.90 Å². The minimum absolute atomic E-state index is 0.0213. The van der Waals surface area contributed by atoms with Crippen molar-refractivity contribution in [2.45, 2.75) is 26.8 Å². The SMILES string of the molecule is CCOCCn1nc(C(=O)O)c2nc(Cl)nc(Cc3cc(C)ccn3)c21. The Morgan fingerprint density at radius 1 is 1.38 bits per heavy atom. The lowest BCUT2D eigenvalue weighted by molar-refractivity contribution is 0.0690. The smallest absolute Gasteiger partial charge is 0.358 e. The summed E-state index contributed by atoms with van der Waals surface area (Å²) in [7, 11) is 0. The van der Waals surface area contributed by atoms with E-state index < -0.39 is 5.97 Å². The number of ether oxygens (including phenoxy) is 1. The van der Waals surface area contributed by atoms with Gasteiger partial charge in [0.05, 0.1) is 18.8 Å². The van der Waals surface area contributed by atoms with Gasteiger partial charge in [-0.25, -0.2) is 14.8 Å². The molecule has 0 aromatic carbocycles. The average molecular weight is 376 g/mol. The van der Waals surface area contributed by atoms with Crippen LogP contribution in [-0.4, -0.2) is 49.0 Å². The van der Waals surface area contributed by atoms with Crippen molar-refractivity contribution in [3.05, 3.63) is 46.3 Å². The second kappa shape index (κ2) is 7.76. The van der Waals surface area contributed by atoms with Gasteiger partial charge in [-0.2, -0.15) is 5.10 Å². The molecule has 8 nitrogen and oxygen atoms in total. The molecule has 0 radical (unpaired) electrons. The van der Waals surface area contributed by atoms with Gasteiger partial charge in [0.1, 0.15) is 11.0 Å². The average Bonchev–Trinajstić information content (AvgIpc) is 2.94. The Bertz CT molecular complexity index is 957. The summed E-state index contributed by atoms with van der Waals surface area (Å²) in [6, 6.07) is 3.85. The number of hydrogen-bond acceptors (Lipinski definition) is 6. The Hall–Kier alpha value is -2.58. The summed E-state index contributed by atoms with van der Waals surface area (Å²) >= 11 is 6.04. The lowest BCUT2D eigenvalue weighted by Gasteiger charge is -2.08. The number of aromatic nitrogens is 5. The van der Waals surface area contributed by atoms with E-state index in [-0.39, 0.29) is 16.5 Å². The Labute approximate surface area is 154 Å². The van der Waals surface area contributed by atoms with Crippen LogP contribution in [0.4, 0.5) is 0 Å². The summed E-state index contributed by atoms with van der Waals surface area (Å²) in [5.41, 5.74) is 3.05. The molecule has 9 heteroatoms. The number of aromatic carboxylic acids is 1. The van der Waals surface area contributed by atoms with E-state index in [1.165, 1.54) is 0 Å². The van der Waals surface area contributed by atoms with Crippen molar-refractivity contribution in [3.63, 3.8) is 0 Å². The zero-order valence-corrected chi connectivity index (χ0v) is 15.2. The molecule has 136 valence electrons. The molecule has 1 N–H and O–H groups in total. The molecule has 0 saturated carbocycles. The first-order valence-corrected chi connectivity index (χ1v) is 8.53.